The Hall–Kier alpha value is -7.75. The number of anilines is 1. The van der Waals surface area contributed by atoms with Gasteiger partial charge < -0.3 is 42.6 Å². The Bertz CT molecular complexity index is 2950. The van der Waals surface area contributed by atoms with Gasteiger partial charge in [0.2, 0.25) is 5.13 Å². The van der Waals surface area contributed by atoms with E-state index >= 15 is 0 Å². The maximum Gasteiger partial charge on any atom is 0.333 e. The molecule has 0 amide bonds. The molecule has 4 fully saturated rings. The standard InChI is InChI=1S/C68H87N3O18S/c1-5-59(72)81-38-13-15-41-84-62(75)46-27-31-53(32-28-46)86-64(77)48-19-21-50(22-20-48)66(79)88-55-35-36-57(52(43-55)44-69-71(68-70-56-17-9-10-18-58(56)90-68)37-11-7-8-12-40-83-61(74)45(3)4)89-67(80)51-25-23-49(24-26-51)65(78)87-54-33-29-47(30-34-54)63(76)85-42-16-14-39-82-60(73)6-2/h5-6,9-10,17-18,35-36,43-44,46-51,53-54H,1-3,7-8,11-16,19-34,37-42H2,4H3/b69-44+. The number of nitrogens with zero attached hydrogens (tertiary/aromatic N) is 3. The molecule has 4 saturated carbocycles. The largest absolute Gasteiger partial charge is 0.465 e. The van der Waals surface area contributed by atoms with Crippen molar-refractivity contribution in [2.45, 2.75) is 173 Å². The number of fused-ring (bicyclic) bond motifs is 1. The molecule has 0 atom stereocenters. The van der Waals surface area contributed by atoms with E-state index in [9.17, 15) is 43.2 Å². The minimum absolute atomic E-state index is 0.189. The fourth-order valence-electron chi connectivity index (χ4n) is 11.4. The van der Waals surface area contributed by atoms with Gasteiger partial charge in [-0.2, -0.15) is 5.10 Å². The first-order valence-electron chi connectivity index (χ1n) is 32.0. The molecule has 0 spiro atoms. The SMILES string of the molecule is C=CC(=O)OCCCCOC(=O)C1CCC(OC(=O)C2CCC(C(=O)Oc3ccc(OC(=O)C4CCC(C(=O)OC5CCC(C(=O)OCCCCOC(=O)C=C)CC5)CC4)c(/C=N/N(CCCCCCOC(=O)C(=C)C)c4nc5ccccc5s4)c3)CC2)CC1. The van der Waals surface area contributed by atoms with Crippen molar-refractivity contribution in [3.8, 4) is 11.5 Å². The highest BCUT2D eigenvalue weighted by molar-refractivity contribution is 7.22. The van der Waals surface area contributed by atoms with Gasteiger partial charge in [0.25, 0.3) is 0 Å². The van der Waals surface area contributed by atoms with Gasteiger partial charge in [0.05, 0.1) is 85.0 Å². The van der Waals surface area contributed by atoms with Crippen LogP contribution in [0.4, 0.5) is 5.13 Å². The highest BCUT2D eigenvalue weighted by atomic mass is 32.1. The number of unbranched alkanes of at least 4 members (excludes halogenated alkanes) is 5. The molecule has 4 aliphatic rings. The third-order valence-corrected chi connectivity index (χ3v) is 17.9. The number of para-hydroxylation sites is 1. The van der Waals surface area contributed by atoms with Crippen molar-refractivity contribution in [2.24, 2.45) is 40.6 Å². The summed E-state index contributed by atoms with van der Waals surface area (Å²) < 4.78 is 51.1. The summed E-state index contributed by atoms with van der Waals surface area (Å²) in [5.41, 5.74) is 1.52. The smallest absolute Gasteiger partial charge is 0.333 e. The zero-order valence-corrected chi connectivity index (χ0v) is 52.6. The highest BCUT2D eigenvalue weighted by Gasteiger charge is 2.37. The van der Waals surface area contributed by atoms with Crippen molar-refractivity contribution >= 4 is 86.6 Å². The molecule has 90 heavy (non-hydrogen) atoms. The van der Waals surface area contributed by atoms with E-state index < -0.39 is 41.7 Å². The zero-order chi connectivity index (χ0) is 64.2. The third kappa shape index (κ3) is 22.6. The molecule has 0 radical (unpaired) electrons. The normalized spacial score (nSPS) is 21.6. The van der Waals surface area contributed by atoms with Crippen molar-refractivity contribution in [2.75, 3.05) is 44.6 Å². The summed E-state index contributed by atoms with van der Waals surface area (Å²) in [6.07, 6.45) is 16.1. The van der Waals surface area contributed by atoms with Crippen LogP contribution >= 0.6 is 11.3 Å². The first kappa shape index (κ1) is 69.7. The summed E-state index contributed by atoms with van der Waals surface area (Å²) in [6, 6.07) is 12.5. The van der Waals surface area contributed by atoms with E-state index in [-0.39, 0.29) is 97.7 Å². The number of hydrazone groups is 1. The zero-order valence-electron chi connectivity index (χ0n) is 51.8. The number of carbonyl (C=O) groups is 9. The average molecular weight is 1270 g/mol. The number of ether oxygens (including phenoxy) is 9. The molecule has 1 heterocycles. The maximum absolute atomic E-state index is 14.1. The van der Waals surface area contributed by atoms with Crippen LogP contribution in [0.15, 0.2) is 85.0 Å². The lowest BCUT2D eigenvalue weighted by atomic mass is 9.82. The Balaban J connectivity index is 0.925. The van der Waals surface area contributed by atoms with E-state index in [2.05, 4.69) is 19.7 Å². The second-order valence-electron chi connectivity index (χ2n) is 23.6. The predicted octanol–water partition coefficient (Wildman–Crippen LogP) is 11.5. The summed E-state index contributed by atoms with van der Waals surface area (Å²) >= 11 is 1.48. The van der Waals surface area contributed by atoms with E-state index in [0.29, 0.717) is 164 Å². The number of rotatable bonds is 33. The van der Waals surface area contributed by atoms with E-state index in [0.717, 1.165) is 41.6 Å². The Morgan fingerprint density at radius 2 is 0.956 bits per heavy atom. The molecule has 7 rings (SSSR count). The molecular formula is C68H87N3O18S. The molecule has 0 unspecified atom stereocenters. The first-order valence-corrected chi connectivity index (χ1v) is 32.8. The lowest BCUT2D eigenvalue weighted by Crippen LogP contribution is -2.33. The number of thiazole rings is 1. The summed E-state index contributed by atoms with van der Waals surface area (Å²) in [4.78, 5) is 119. The molecule has 0 aliphatic heterocycles. The minimum atomic E-state index is -0.507. The molecule has 0 saturated heterocycles. The van der Waals surface area contributed by atoms with Gasteiger partial charge in [0, 0.05) is 29.8 Å². The van der Waals surface area contributed by atoms with Crippen LogP contribution in [0.3, 0.4) is 0 Å². The first-order chi connectivity index (χ1) is 43.6. The van der Waals surface area contributed by atoms with Crippen LogP contribution in [-0.4, -0.2) is 117 Å². The van der Waals surface area contributed by atoms with Crippen LogP contribution in [0.5, 0.6) is 11.5 Å². The Morgan fingerprint density at radius 1 is 0.522 bits per heavy atom. The van der Waals surface area contributed by atoms with Crippen LogP contribution in [0.25, 0.3) is 10.2 Å². The van der Waals surface area contributed by atoms with E-state index in [4.69, 9.17) is 52.7 Å². The second-order valence-corrected chi connectivity index (χ2v) is 24.6. The van der Waals surface area contributed by atoms with Gasteiger partial charge >= 0.3 is 53.7 Å². The molecule has 488 valence electrons. The minimum Gasteiger partial charge on any atom is -0.465 e. The number of hydrogen-bond acceptors (Lipinski definition) is 22. The van der Waals surface area contributed by atoms with Gasteiger partial charge in [-0.15, -0.1) is 0 Å². The van der Waals surface area contributed by atoms with Crippen molar-refractivity contribution in [3.05, 3.63) is 85.5 Å². The van der Waals surface area contributed by atoms with Crippen molar-refractivity contribution in [1.82, 2.24) is 4.98 Å². The lowest BCUT2D eigenvalue weighted by Gasteiger charge is -2.30. The second kappa shape index (κ2) is 36.8. The maximum atomic E-state index is 14.1. The van der Waals surface area contributed by atoms with Gasteiger partial charge in [0.1, 0.15) is 23.7 Å². The molecule has 1 aromatic heterocycles. The van der Waals surface area contributed by atoms with Crippen LogP contribution in [0.1, 0.15) is 167 Å². The number of benzene rings is 2. The Morgan fingerprint density at radius 3 is 1.46 bits per heavy atom. The van der Waals surface area contributed by atoms with Crippen LogP contribution in [0, 0.1) is 35.5 Å². The Labute approximate surface area is 530 Å². The fraction of sp³-hybridized carbons (Fsp3) is 0.574. The van der Waals surface area contributed by atoms with Gasteiger partial charge in [-0.3, -0.25) is 28.8 Å². The number of carbonyl (C=O) groups excluding carboxylic acids is 9. The molecule has 0 N–H and O–H groups in total. The molecule has 22 heteroatoms. The number of hydrogen-bond donors (Lipinski definition) is 0. The van der Waals surface area contributed by atoms with Gasteiger partial charge in [-0.05, 0) is 185 Å². The molecule has 2 aromatic carbocycles. The quantitative estimate of drug-likeness (QED) is 0.0104. The van der Waals surface area contributed by atoms with Gasteiger partial charge in [-0.1, -0.05) is 49.6 Å². The summed E-state index contributed by atoms with van der Waals surface area (Å²) in [6.45, 7) is 13.6. The van der Waals surface area contributed by atoms with E-state index in [1.807, 2.05) is 24.3 Å². The van der Waals surface area contributed by atoms with Crippen LogP contribution in [0.2, 0.25) is 0 Å². The lowest BCUT2D eigenvalue weighted by molar-refractivity contribution is -0.161. The van der Waals surface area contributed by atoms with E-state index in [1.165, 1.54) is 11.3 Å². The summed E-state index contributed by atoms with van der Waals surface area (Å²) in [5.74, 6) is -5.42. The molecule has 3 aromatic rings. The Kier molecular flexibility index (Phi) is 28.5. The highest BCUT2D eigenvalue weighted by Crippen LogP contribution is 2.37. The van der Waals surface area contributed by atoms with Crippen molar-refractivity contribution in [3.63, 3.8) is 0 Å². The molecule has 21 nitrogen and oxygen atoms in total. The predicted molar refractivity (Wildman–Crippen MR) is 334 cm³/mol. The van der Waals surface area contributed by atoms with Crippen molar-refractivity contribution < 1.29 is 85.8 Å². The molecule has 0 bridgehead atoms. The van der Waals surface area contributed by atoms with Gasteiger partial charge in [0.15, 0.2) is 0 Å². The number of aromatic nitrogens is 1. The van der Waals surface area contributed by atoms with Crippen LogP contribution in [-0.2, 0) is 76.3 Å². The summed E-state index contributed by atoms with van der Waals surface area (Å²) in [7, 11) is 0. The van der Waals surface area contributed by atoms with Crippen molar-refractivity contribution in [1.29, 1.82) is 0 Å². The van der Waals surface area contributed by atoms with E-state index in [1.54, 1.807) is 36.3 Å². The topological polar surface area (TPSA) is 265 Å². The molecular weight excluding hydrogens is 1180 g/mol. The third-order valence-electron chi connectivity index (χ3n) is 16.9. The average Bonchev–Trinajstić information content (AvgIpc) is 2.14. The van der Waals surface area contributed by atoms with Crippen LogP contribution < -0.4 is 14.5 Å². The van der Waals surface area contributed by atoms with Gasteiger partial charge in [-0.25, -0.2) is 24.4 Å². The number of esters is 9. The monoisotopic (exact) mass is 1270 g/mol. The fourth-order valence-corrected chi connectivity index (χ4v) is 12.4. The summed E-state index contributed by atoms with van der Waals surface area (Å²) in [5, 5.41) is 7.36. The molecule has 4 aliphatic carbocycles.